The lowest BCUT2D eigenvalue weighted by atomic mass is 10.2. The Morgan fingerprint density at radius 2 is 2.08 bits per heavy atom. The Morgan fingerprint density at radius 1 is 1.23 bits per heavy atom. The van der Waals surface area contributed by atoms with E-state index >= 15 is 0 Å². The minimum absolute atomic E-state index is 0.205. The van der Waals surface area contributed by atoms with E-state index in [-0.39, 0.29) is 12.5 Å². The van der Waals surface area contributed by atoms with Crippen molar-refractivity contribution in [1.29, 1.82) is 0 Å². The van der Waals surface area contributed by atoms with Gasteiger partial charge in [0.25, 0.3) is 0 Å². The maximum Gasteiger partial charge on any atom is 0.322 e. The van der Waals surface area contributed by atoms with Crippen LogP contribution in [-0.2, 0) is 4.79 Å². The van der Waals surface area contributed by atoms with Gasteiger partial charge < -0.3 is 15.7 Å². The standard InChI is InChI=1S/C18H16ClN5O2/c1-11-4-5-13(19)7-14(11)22-16-8-15(12-3-2-6-20-9-12)23-18(24-16)21-10-17(25)26/h2-9H,10H2,1H3,(H,25,26)(H2,21,22,23,24). The van der Waals surface area contributed by atoms with Crippen molar-refractivity contribution in [3.63, 3.8) is 0 Å². The van der Waals surface area contributed by atoms with Gasteiger partial charge in [-0.3, -0.25) is 9.78 Å². The predicted molar refractivity (Wildman–Crippen MR) is 101 cm³/mol. The molecule has 0 unspecified atom stereocenters. The van der Waals surface area contributed by atoms with E-state index in [0.29, 0.717) is 16.5 Å². The Bertz CT molecular complexity index is 934. The zero-order valence-corrected chi connectivity index (χ0v) is 14.7. The number of carboxylic acid groups (broad SMARTS) is 1. The molecule has 8 heteroatoms. The third-order valence-electron chi connectivity index (χ3n) is 3.54. The third-order valence-corrected chi connectivity index (χ3v) is 3.78. The molecule has 2 heterocycles. The zero-order chi connectivity index (χ0) is 18.5. The van der Waals surface area contributed by atoms with E-state index in [1.165, 1.54) is 0 Å². The maximum atomic E-state index is 10.8. The van der Waals surface area contributed by atoms with Crippen molar-refractivity contribution in [2.45, 2.75) is 6.92 Å². The Morgan fingerprint density at radius 3 is 2.81 bits per heavy atom. The fourth-order valence-electron chi connectivity index (χ4n) is 2.27. The molecule has 0 fully saturated rings. The molecule has 0 atom stereocenters. The van der Waals surface area contributed by atoms with Crippen LogP contribution < -0.4 is 10.6 Å². The summed E-state index contributed by atoms with van der Waals surface area (Å²) in [5.74, 6) is -0.284. The summed E-state index contributed by atoms with van der Waals surface area (Å²) in [6.45, 7) is 1.66. The van der Waals surface area contributed by atoms with Crippen molar-refractivity contribution in [3.05, 3.63) is 59.4 Å². The van der Waals surface area contributed by atoms with Gasteiger partial charge in [-0.25, -0.2) is 4.98 Å². The van der Waals surface area contributed by atoms with Crippen LogP contribution in [0.25, 0.3) is 11.3 Å². The monoisotopic (exact) mass is 369 g/mol. The van der Waals surface area contributed by atoms with Crippen molar-refractivity contribution in [2.75, 3.05) is 17.2 Å². The molecular weight excluding hydrogens is 354 g/mol. The smallest absolute Gasteiger partial charge is 0.322 e. The summed E-state index contributed by atoms with van der Waals surface area (Å²) >= 11 is 6.07. The number of hydrogen-bond donors (Lipinski definition) is 3. The first-order valence-corrected chi connectivity index (χ1v) is 8.17. The molecule has 0 saturated carbocycles. The Kier molecular flexibility index (Phi) is 5.28. The number of carboxylic acids is 1. The molecule has 132 valence electrons. The molecule has 26 heavy (non-hydrogen) atoms. The average Bonchev–Trinajstić information content (AvgIpc) is 2.63. The van der Waals surface area contributed by atoms with Crippen LogP contribution in [-0.4, -0.2) is 32.6 Å². The van der Waals surface area contributed by atoms with Gasteiger partial charge in [0.2, 0.25) is 5.95 Å². The number of carbonyl (C=O) groups is 1. The number of anilines is 3. The quantitative estimate of drug-likeness (QED) is 0.608. The summed E-state index contributed by atoms with van der Waals surface area (Å²) in [4.78, 5) is 23.6. The Labute approximate surface area is 155 Å². The van der Waals surface area contributed by atoms with Crippen molar-refractivity contribution in [1.82, 2.24) is 15.0 Å². The van der Waals surface area contributed by atoms with Crippen LogP contribution in [0, 0.1) is 6.92 Å². The minimum Gasteiger partial charge on any atom is -0.480 e. The largest absolute Gasteiger partial charge is 0.480 e. The molecule has 3 aromatic rings. The number of nitrogens with one attached hydrogen (secondary N) is 2. The fraction of sp³-hybridized carbons (Fsp3) is 0.111. The highest BCUT2D eigenvalue weighted by Crippen LogP contribution is 2.26. The lowest BCUT2D eigenvalue weighted by molar-refractivity contribution is -0.134. The molecule has 3 N–H and O–H groups in total. The van der Waals surface area contributed by atoms with Crippen molar-refractivity contribution in [2.24, 2.45) is 0 Å². The first kappa shape index (κ1) is 17.6. The highest BCUT2D eigenvalue weighted by Gasteiger charge is 2.09. The Hall–Kier alpha value is -3.19. The number of nitrogens with zero attached hydrogens (tertiary/aromatic N) is 3. The molecule has 7 nitrogen and oxygen atoms in total. The topological polar surface area (TPSA) is 100 Å². The van der Waals surface area contributed by atoms with E-state index in [2.05, 4.69) is 25.6 Å². The summed E-state index contributed by atoms with van der Waals surface area (Å²) in [7, 11) is 0. The van der Waals surface area contributed by atoms with Gasteiger partial charge in [0.15, 0.2) is 0 Å². The second-order valence-corrected chi connectivity index (χ2v) is 5.97. The lowest BCUT2D eigenvalue weighted by Crippen LogP contribution is -2.15. The van der Waals surface area contributed by atoms with Crippen molar-refractivity contribution in [3.8, 4) is 11.3 Å². The molecule has 0 radical (unpaired) electrons. The normalized spacial score (nSPS) is 10.4. The van der Waals surface area contributed by atoms with E-state index in [1.807, 2.05) is 25.1 Å². The first-order valence-electron chi connectivity index (χ1n) is 7.79. The number of pyridine rings is 1. The second kappa shape index (κ2) is 7.79. The molecule has 0 bridgehead atoms. The number of halogens is 1. The molecule has 0 aliphatic carbocycles. The minimum atomic E-state index is -0.999. The second-order valence-electron chi connectivity index (χ2n) is 5.54. The molecule has 0 spiro atoms. The van der Waals surface area contributed by atoms with Crippen molar-refractivity contribution < 1.29 is 9.90 Å². The molecule has 2 aromatic heterocycles. The number of aliphatic carboxylic acids is 1. The summed E-state index contributed by atoms with van der Waals surface area (Å²) in [5, 5.41) is 15.4. The van der Waals surface area contributed by atoms with Gasteiger partial charge in [-0.2, -0.15) is 4.98 Å². The Balaban J connectivity index is 1.98. The predicted octanol–water partition coefficient (Wildman–Crippen LogP) is 3.74. The number of aromatic nitrogens is 3. The van der Waals surface area contributed by atoms with Crippen LogP contribution in [0.4, 0.5) is 17.5 Å². The summed E-state index contributed by atoms with van der Waals surface area (Å²) < 4.78 is 0. The lowest BCUT2D eigenvalue weighted by Gasteiger charge is -2.12. The van der Waals surface area contributed by atoms with E-state index in [9.17, 15) is 4.79 Å². The van der Waals surface area contributed by atoms with Crippen LogP contribution in [0.3, 0.4) is 0 Å². The molecule has 0 saturated heterocycles. The molecular formula is C18H16ClN5O2. The molecule has 3 rings (SSSR count). The van der Waals surface area contributed by atoms with Crippen LogP contribution in [0.2, 0.25) is 5.02 Å². The van der Waals surface area contributed by atoms with Gasteiger partial charge in [0.05, 0.1) is 5.69 Å². The highest BCUT2D eigenvalue weighted by molar-refractivity contribution is 6.30. The SMILES string of the molecule is Cc1ccc(Cl)cc1Nc1cc(-c2cccnc2)nc(NCC(=O)O)n1. The van der Waals surface area contributed by atoms with Crippen LogP contribution >= 0.6 is 11.6 Å². The first-order chi connectivity index (χ1) is 12.5. The number of benzene rings is 1. The fourth-order valence-corrected chi connectivity index (χ4v) is 2.45. The maximum absolute atomic E-state index is 10.8. The van der Waals surface area contributed by atoms with Gasteiger partial charge in [0.1, 0.15) is 12.4 Å². The van der Waals surface area contributed by atoms with Crippen LogP contribution in [0.5, 0.6) is 0 Å². The van der Waals surface area contributed by atoms with Crippen molar-refractivity contribution >= 4 is 35.0 Å². The third kappa shape index (κ3) is 4.46. The molecule has 1 aromatic carbocycles. The van der Waals surface area contributed by atoms with Crippen LogP contribution in [0.15, 0.2) is 48.8 Å². The van der Waals surface area contributed by atoms with Gasteiger partial charge in [-0.1, -0.05) is 17.7 Å². The van der Waals surface area contributed by atoms with E-state index in [1.54, 1.807) is 30.6 Å². The summed E-state index contributed by atoms with van der Waals surface area (Å²) in [5.41, 5.74) is 3.20. The van der Waals surface area contributed by atoms with Gasteiger partial charge >= 0.3 is 5.97 Å². The number of hydrogen-bond acceptors (Lipinski definition) is 6. The van der Waals surface area contributed by atoms with E-state index < -0.39 is 5.97 Å². The molecule has 0 aliphatic rings. The van der Waals surface area contributed by atoms with Crippen LogP contribution in [0.1, 0.15) is 5.56 Å². The zero-order valence-electron chi connectivity index (χ0n) is 13.9. The number of aryl methyl sites for hydroxylation is 1. The summed E-state index contributed by atoms with van der Waals surface area (Å²) in [6.07, 6.45) is 3.35. The molecule has 0 amide bonds. The number of rotatable bonds is 6. The average molecular weight is 370 g/mol. The van der Waals surface area contributed by atoms with E-state index in [4.69, 9.17) is 16.7 Å². The van der Waals surface area contributed by atoms with Gasteiger partial charge in [-0.05, 0) is 36.8 Å². The molecule has 0 aliphatic heterocycles. The van der Waals surface area contributed by atoms with E-state index in [0.717, 1.165) is 16.8 Å². The highest BCUT2D eigenvalue weighted by atomic mass is 35.5. The van der Waals surface area contributed by atoms with Gasteiger partial charge in [-0.15, -0.1) is 0 Å². The van der Waals surface area contributed by atoms with Gasteiger partial charge in [0, 0.05) is 34.7 Å². The summed E-state index contributed by atoms with van der Waals surface area (Å²) in [6, 6.07) is 10.9.